The van der Waals surface area contributed by atoms with Crippen molar-refractivity contribution in [3.63, 3.8) is 0 Å². The van der Waals surface area contributed by atoms with Crippen LogP contribution in [0.4, 0.5) is 15.6 Å². The molecule has 25 heavy (non-hydrogen) atoms. The average molecular weight is 356 g/mol. The van der Waals surface area contributed by atoms with E-state index in [1.165, 1.54) is 11.3 Å². The highest BCUT2D eigenvalue weighted by atomic mass is 32.1. The molecule has 0 saturated carbocycles. The summed E-state index contributed by atoms with van der Waals surface area (Å²) in [6, 6.07) is 6.91. The van der Waals surface area contributed by atoms with Gasteiger partial charge in [0.05, 0.1) is 11.4 Å². The Morgan fingerprint density at radius 3 is 2.60 bits per heavy atom. The molecule has 0 bridgehead atoms. The van der Waals surface area contributed by atoms with E-state index in [2.05, 4.69) is 15.6 Å². The Balaban J connectivity index is 1.95. The second kappa shape index (κ2) is 7.06. The van der Waals surface area contributed by atoms with E-state index in [4.69, 9.17) is 0 Å². The summed E-state index contributed by atoms with van der Waals surface area (Å²) in [6.07, 6.45) is 1.71. The Morgan fingerprint density at radius 1 is 1.24 bits per heavy atom. The van der Waals surface area contributed by atoms with Crippen molar-refractivity contribution in [3.8, 4) is 0 Å². The van der Waals surface area contributed by atoms with Gasteiger partial charge in [-0.2, -0.15) is 0 Å². The van der Waals surface area contributed by atoms with Crippen molar-refractivity contribution < 1.29 is 4.79 Å². The van der Waals surface area contributed by atoms with Gasteiger partial charge in [-0.25, -0.2) is 9.78 Å². The van der Waals surface area contributed by atoms with Crippen LogP contribution in [0.3, 0.4) is 0 Å². The van der Waals surface area contributed by atoms with E-state index in [1.807, 2.05) is 44.4 Å². The molecule has 0 atom stereocenters. The average Bonchev–Trinajstić information content (AvgIpc) is 2.96. The summed E-state index contributed by atoms with van der Waals surface area (Å²) in [5.41, 5.74) is 1.41. The summed E-state index contributed by atoms with van der Waals surface area (Å²) >= 11 is 1.37. The van der Waals surface area contributed by atoms with Crippen molar-refractivity contribution in [1.29, 1.82) is 0 Å². The molecule has 0 saturated heterocycles. The first-order valence-corrected chi connectivity index (χ1v) is 8.94. The van der Waals surface area contributed by atoms with Crippen LogP contribution in [-0.4, -0.2) is 15.6 Å². The van der Waals surface area contributed by atoms with Gasteiger partial charge in [-0.3, -0.25) is 10.1 Å². The summed E-state index contributed by atoms with van der Waals surface area (Å²) in [5.74, 6) is 0.318. The Bertz CT molecular complexity index is 975. The van der Waals surface area contributed by atoms with Gasteiger partial charge in [-0.15, -0.1) is 11.3 Å². The fourth-order valence-corrected chi connectivity index (χ4v) is 3.32. The molecule has 1 aromatic carbocycles. The number of aromatic nitrogens is 2. The number of aryl methyl sites for hydroxylation is 1. The topological polar surface area (TPSA) is 76.0 Å². The monoisotopic (exact) mass is 356 g/mol. The molecular formula is C18H20N4O2S. The summed E-state index contributed by atoms with van der Waals surface area (Å²) < 4.78 is 1.65. The Morgan fingerprint density at radius 2 is 1.96 bits per heavy atom. The molecule has 0 aliphatic rings. The van der Waals surface area contributed by atoms with Crippen LogP contribution in [0, 0.1) is 12.8 Å². The normalized spacial score (nSPS) is 11.0. The molecule has 6 nitrogen and oxygen atoms in total. The lowest BCUT2D eigenvalue weighted by molar-refractivity contribution is 0.262. The van der Waals surface area contributed by atoms with Crippen LogP contribution in [0.1, 0.15) is 19.5 Å². The second-order valence-corrected chi connectivity index (χ2v) is 7.17. The van der Waals surface area contributed by atoms with E-state index in [0.717, 1.165) is 11.1 Å². The first-order chi connectivity index (χ1) is 11.9. The lowest BCUT2D eigenvalue weighted by Crippen LogP contribution is -2.25. The van der Waals surface area contributed by atoms with Gasteiger partial charge in [0, 0.05) is 28.9 Å². The number of hydrogen-bond acceptors (Lipinski definition) is 4. The van der Waals surface area contributed by atoms with Gasteiger partial charge in [0.1, 0.15) is 0 Å². The summed E-state index contributed by atoms with van der Waals surface area (Å²) in [6.45, 7) is 6.55. The van der Waals surface area contributed by atoms with E-state index in [0.29, 0.717) is 28.7 Å². The van der Waals surface area contributed by atoms with Gasteiger partial charge in [0.25, 0.3) is 5.56 Å². The van der Waals surface area contributed by atoms with Crippen molar-refractivity contribution >= 4 is 39.0 Å². The SMILES string of the molecule is Cc1csc(NC(=O)Nc2cn(CC(C)C)c(=O)c3ccccc23)n1. The first-order valence-electron chi connectivity index (χ1n) is 8.06. The molecule has 3 rings (SSSR count). The maximum atomic E-state index is 12.6. The Kier molecular flexibility index (Phi) is 4.85. The smallest absolute Gasteiger partial charge is 0.313 e. The van der Waals surface area contributed by atoms with Crippen LogP contribution in [-0.2, 0) is 6.54 Å². The number of nitrogens with one attached hydrogen (secondary N) is 2. The molecule has 2 heterocycles. The van der Waals surface area contributed by atoms with Gasteiger partial charge in [0.15, 0.2) is 5.13 Å². The summed E-state index contributed by atoms with van der Waals surface area (Å²) in [5, 5.41) is 9.28. The molecule has 0 spiro atoms. The van der Waals surface area contributed by atoms with Gasteiger partial charge in [-0.1, -0.05) is 32.0 Å². The minimum Gasteiger partial charge on any atom is -0.313 e. The molecule has 0 aliphatic heterocycles. The molecule has 2 amide bonds. The number of carbonyl (C=O) groups is 1. The number of urea groups is 1. The maximum absolute atomic E-state index is 12.6. The lowest BCUT2D eigenvalue weighted by atomic mass is 10.1. The number of benzene rings is 1. The molecule has 0 fully saturated rings. The number of thiazole rings is 1. The van der Waals surface area contributed by atoms with Crippen LogP contribution < -0.4 is 16.2 Å². The Labute approximate surface area is 149 Å². The molecule has 0 radical (unpaired) electrons. The summed E-state index contributed by atoms with van der Waals surface area (Å²) in [4.78, 5) is 29.1. The van der Waals surface area contributed by atoms with Gasteiger partial charge >= 0.3 is 6.03 Å². The zero-order valence-corrected chi connectivity index (χ0v) is 15.2. The molecular weight excluding hydrogens is 336 g/mol. The van der Waals surface area contributed by atoms with Gasteiger partial charge in [0.2, 0.25) is 0 Å². The highest BCUT2D eigenvalue weighted by Crippen LogP contribution is 2.22. The minimum atomic E-state index is -0.380. The lowest BCUT2D eigenvalue weighted by Gasteiger charge is -2.14. The number of carbonyl (C=O) groups excluding carboxylic acids is 1. The number of hydrogen-bond donors (Lipinski definition) is 2. The summed E-state index contributed by atoms with van der Waals surface area (Å²) in [7, 11) is 0. The number of anilines is 2. The number of amides is 2. The van der Waals surface area contributed by atoms with Crippen LogP contribution in [0.2, 0.25) is 0 Å². The van der Waals surface area contributed by atoms with E-state index in [9.17, 15) is 9.59 Å². The van der Waals surface area contributed by atoms with Crippen LogP contribution in [0.25, 0.3) is 10.8 Å². The number of fused-ring (bicyclic) bond motifs is 1. The third-order valence-electron chi connectivity index (χ3n) is 3.64. The van der Waals surface area contributed by atoms with Gasteiger partial charge in [-0.05, 0) is 18.9 Å². The third-order valence-corrected chi connectivity index (χ3v) is 4.52. The fraction of sp³-hybridized carbons (Fsp3) is 0.278. The standard InChI is InChI=1S/C18H20N4O2S/c1-11(2)8-22-9-15(13-6-4-5-7-14(13)16(22)23)20-17(24)21-18-19-12(3)10-25-18/h4-7,9-11H,8H2,1-3H3,(H2,19,20,21,24). The Hall–Kier alpha value is -2.67. The number of rotatable bonds is 4. The molecule has 2 N–H and O–H groups in total. The van der Waals surface area contributed by atoms with E-state index in [1.54, 1.807) is 16.8 Å². The predicted molar refractivity (Wildman–Crippen MR) is 103 cm³/mol. The van der Waals surface area contributed by atoms with Crippen molar-refractivity contribution in [2.24, 2.45) is 5.92 Å². The second-order valence-electron chi connectivity index (χ2n) is 6.31. The number of nitrogens with zero attached hydrogens (tertiary/aromatic N) is 2. The molecule has 3 aromatic rings. The largest absolute Gasteiger partial charge is 0.325 e. The van der Waals surface area contributed by atoms with Gasteiger partial charge < -0.3 is 9.88 Å². The van der Waals surface area contributed by atoms with Crippen molar-refractivity contribution in [1.82, 2.24) is 9.55 Å². The quantitative estimate of drug-likeness (QED) is 0.740. The molecule has 130 valence electrons. The highest BCUT2D eigenvalue weighted by molar-refractivity contribution is 7.13. The molecule has 0 aliphatic carbocycles. The fourth-order valence-electron chi connectivity index (χ4n) is 2.63. The van der Waals surface area contributed by atoms with Crippen molar-refractivity contribution in [3.05, 3.63) is 51.9 Å². The van der Waals surface area contributed by atoms with E-state index in [-0.39, 0.29) is 11.6 Å². The highest BCUT2D eigenvalue weighted by Gasteiger charge is 2.12. The number of pyridine rings is 1. The maximum Gasteiger partial charge on any atom is 0.325 e. The minimum absolute atomic E-state index is 0.0502. The molecule has 0 unspecified atom stereocenters. The van der Waals surface area contributed by atoms with Crippen LogP contribution in [0.15, 0.2) is 40.6 Å². The van der Waals surface area contributed by atoms with Crippen LogP contribution >= 0.6 is 11.3 Å². The first kappa shape index (κ1) is 17.2. The zero-order valence-electron chi connectivity index (χ0n) is 14.4. The van der Waals surface area contributed by atoms with Crippen molar-refractivity contribution in [2.45, 2.75) is 27.3 Å². The van der Waals surface area contributed by atoms with Crippen molar-refractivity contribution in [2.75, 3.05) is 10.6 Å². The molecule has 7 heteroatoms. The van der Waals surface area contributed by atoms with E-state index < -0.39 is 0 Å². The van der Waals surface area contributed by atoms with Crippen LogP contribution in [0.5, 0.6) is 0 Å². The van der Waals surface area contributed by atoms with E-state index >= 15 is 0 Å². The zero-order chi connectivity index (χ0) is 18.0. The molecule has 2 aromatic heterocycles. The third kappa shape index (κ3) is 3.88. The predicted octanol–water partition coefficient (Wildman–Crippen LogP) is 4.07.